The van der Waals surface area contributed by atoms with Crippen LogP contribution in [0.25, 0.3) is 0 Å². The summed E-state index contributed by atoms with van der Waals surface area (Å²) >= 11 is 0. The van der Waals surface area contributed by atoms with Crippen LogP contribution in [0.15, 0.2) is 24.3 Å². The van der Waals surface area contributed by atoms with Crippen molar-refractivity contribution >= 4 is 11.6 Å². The minimum atomic E-state index is -0.517. The predicted molar refractivity (Wildman–Crippen MR) is 48.7 cm³/mol. The molecule has 1 amide bonds. The highest BCUT2D eigenvalue weighted by Gasteiger charge is 1.99. The third-order valence-corrected chi connectivity index (χ3v) is 1.50. The Labute approximate surface area is 76.1 Å². The van der Waals surface area contributed by atoms with Crippen LogP contribution in [0.2, 0.25) is 0 Å². The monoisotopic (exact) mass is 181 g/mol. The number of amides is 1. The van der Waals surface area contributed by atoms with Crippen LogP contribution < -0.4 is 10.1 Å². The van der Waals surface area contributed by atoms with E-state index >= 15 is 0 Å². The number of aliphatic hydroxyl groups excluding tert-OH is 1. The van der Waals surface area contributed by atoms with Crippen molar-refractivity contribution in [2.45, 2.75) is 0 Å². The first-order valence-corrected chi connectivity index (χ1v) is 3.81. The zero-order chi connectivity index (χ0) is 9.68. The van der Waals surface area contributed by atoms with Gasteiger partial charge in [-0.05, 0) is 12.1 Å². The van der Waals surface area contributed by atoms with Crippen LogP contribution in [0.3, 0.4) is 0 Å². The van der Waals surface area contributed by atoms with Gasteiger partial charge in [0.1, 0.15) is 12.4 Å². The molecule has 0 bridgehead atoms. The van der Waals surface area contributed by atoms with Gasteiger partial charge in [0.05, 0.1) is 7.11 Å². The lowest BCUT2D eigenvalue weighted by molar-refractivity contribution is -0.118. The molecule has 2 N–H and O–H groups in total. The standard InChI is InChI=1S/C9H11NO3/c1-13-8-4-2-3-7(5-8)10-9(12)6-11/h2-5,11H,6H2,1H3,(H,10,12). The van der Waals surface area contributed by atoms with Crippen molar-refractivity contribution in [1.82, 2.24) is 0 Å². The van der Waals surface area contributed by atoms with Crippen LogP contribution in [0, 0.1) is 0 Å². The summed E-state index contributed by atoms with van der Waals surface area (Å²) in [5.74, 6) is 0.226. The van der Waals surface area contributed by atoms with E-state index in [2.05, 4.69) is 5.32 Å². The zero-order valence-corrected chi connectivity index (χ0v) is 7.28. The molecule has 70 valence electrons. The maximum Gasteiger partial charge on any atom is 0.250 e. The van der Waals surface area contributed by atoms with Crippen molar-refractivity contribution < 1.29 is 14.6 Å². The average Bonchev–Trinajstić information content (AvgIpc) is 2.18. The minimum Gasteiger partial charge on any atom is -0.497 e. The van der Waals surface area contributed by atoms with Crippen LogP contribution in [-0.2, 0) is 4.79 Å². The zero-order valence-electron chi connectivity index (χ0n) is 7.28. The fourth-order valence-corrected chi connectivity index (χ4v) is 0.901. The third-order valence-electron chi connectivity index (χ3n) is 1.50. The average molecular weight is 181 g/mol. The lowest BCUT2D eigenvalue weighted by Crippen LogP contribution is -2.15. The molecule has 0 unspecified atom stereocenters. The number of rotatable bonds is 3. The quantitative estimate of drug-likeness (QED) is 0.718. The molecule has 13 heavy (non-hydrogen) atoms. The van der Waals surface area contributed by atoms with E-state index in [0.717, 1.165) is 0 Å². The second-order valence-electron chi connectivity index (χ2n) is 2.44. The van der Waals surface area contributed by atoms with Gasteiger partial charge in [0.25, 0.3) is 0 Å². The maximum absolute atomic E-state index is 10.8. The summed E-state index contributed by atoms with van der Waals surface area (Å²) in [5.41, 5.74) is 0.610. The van der Waals surface area contributed by atoms with E-state index < -0.39 is 12.5 Å². The molecule has 0 saturated carbocycles. The van der Waals surface area contributed by atoms with Gasteiger partial charge < -0.3 is 15.2 Å². The summed E-state index contributed by atoms with van der Waals surface area (Å²) in [7, 11) is 1.55. The molecule has 4 nitrogen and oxygen atoms in total. The Kier molecular flexibility index (Phi) is 3.28. The van der Waals surface area contributed by atoms with E-state index in [-0.39, 0.29) is 0 Å². The van der Waals surface area contributed by atoms with Crippen LogP contribution in [-0.4, -0.2) is 24.7 Å². The molecule has 0 aliphatic rings. The van der Waals surface area contributed by atoms with Gasteiger partial charge in [-0.1, -0.05) is 6.07 Å². The SMILES string of the molecule is COc1cccc(NC(=O)CO)c1. The molecule has 0 aliphatic heterocycles. The van der Waals surface area contributed by atoms with Crippen molar-refractivity contribution in [3.8, 4) is 5.75 Å². The first kappa shape index (κ1) is 9.54. The fourth-order valence-electron chi connectivity index (χ4n) is 0.901. The number of carbonyl (C=O) groups excluding carboxylic acids is 1. The molecule has 0 fully saturated rings. The molecule has 4 heteroatoms. The Hall–Kier alpha value is -1.55. The Morgan fingerprint density at radius 1 is 1.62 bits per heavy atom. The van der Waals surface area contributed by atoms with Gasteiger partial charge in [-0.25, -0.2) is 0 Å². The number of anilines is 1. The highest BCUT2D eigenvalue weighted by atomic mass is 16.5. The number of hydrogen-bond acceptors (Lipinski definition) is 3. The molecule has 0 heterocycles. The lowest BCUT2D eigenvalue weighted by atomic mass is 10.3. The van der Waals surface area contributed by atoms with Crippen molar-refractivity contribution in [3.63, 3.8) is 0 Å². The molecule has 0 atom stereocenters. The smallest absolute Gasteiger partial charge is 0.250 e. The van der Waals surface area contributed by atoms with Crippen molar-refractivity contribution in [3.05, 3.63) is 24.3 Å². The molecular weight excluding hydrogens is 170 g/mol. The van der Waals surface area contributed by atoms with Crippen LogP contribution in [0.1, 0.15) is 0 Å². The summed E-state index contributed by atoms with van der Waals surface area (Å²) < 4.78 is 4.96. The predicted octanol–water partition coefficient (Wildman–Crippen LogP) is 0.626. The largest absolute Gasteiger partial charge is 0.497 e. The molecule has 0 radical (unpaired) electrons. The fraction of sp³-hybridized carbons (Fsp3) is 0.222. The minimum absolute atomic E-state index is 0.437. The second kappa shape index (κ2) is 4.47. The van der Waals surface area contributed by atoms with Gasteiger partial charge in [0.15, 0.2) is 0 Å². The van der Waals surface area contributed by atoms with Gasteiger partial charge in [-0.2, -0.15) is 0 Å². The summed E-state index contributed by atoms with van der Waals surface area (Å²) in [6.07, 6.45) is 0. The summed E-state index contributed by atoms with van der Waals surface area (Å²) in [4.78, 5) is 10.8. The van der Waals surface area contributed by atoms with Crippen LogP contribution in [0.5, 0.6) is 5.75 Å². The van der Waals surface area contributed by atoms with Gasteiger partial charge >= 0.3 is 0 Å². The second-order valence-corrected chi connectivity index (χ2v) is 2.44. The van der Waals surface area contributed by atoms with Crippen molar-refractivity contribution in [2.75, 3.05) is 19.0 Å². The molecular formula is C9H11NO3. The number of benzene rings is 1. The van der Waals surface area contributed by atoms with Gasteiger partial charge in [-0.15, -0.1) is 0 Å². The van der Waals surface area contributed by atoms with E-state index in [1.54, 1.807) is 31.4 Å². The number of hydrogen-bond donors (Lipinski definition) is 2. The van der Waals surface area contributed by atoms with E-state index in [1.807, 2.05) is 0 Å². The molecule has 1 rings (SSSR count). The molecule has 0 aromatic heterocycles. The Bertz CT molecular complexity index is 299. The van der Waals surface area contributed by atoms with E-state index in [4.69, 9.17) is 9.84 Å². The number of nitrogens with one attached hydrogen (secondary N) is 1. The van der Waals surface area contributed by atoms with E-state index in [9.17, 15) is 4.79 Å². The van der Waals surface area contributed by atoms with Crippen molar-refractivity contribution in [2.24, 2.45) is 0 Å². The lowest BCUT2D eigenvalue weighted by Gasteiger charge is -2.04. The topological polar surface area (TPSA) is 58.6 Å². The molecule has 0 aliphatic carbocycles. The van der Waals surface area contributed by atoms with E-state index in [1.165, 1.54) is 0 Å². The van der Waals surface area contributed by atoms with Gasteiger partial charge in [0, 0.05) is 11.8 Å². The normalized spacial score (nSPS) is 9.38. The summed E-state index contributed by atoms with van der Waals surface area (Å²) in [5, 5.41) is 11.0. The van der Waals surface area contributed by atoms with Gasteiger partial charge in [-0.3, -0.25) is 4.79 Å². The third kappa shape index (κ3) is 2.76. The first-order valence-electron chi connectivity index (χ1n) is 3.81. The first-order chi connectivity index (χ1) is 6.26. The van der Waals surface area contributed by atoms with Gasteiger partial charge in [0.2, 0.25) is 5.91 Å². The van der Waals surface area contributed by atoms with Crippen molar-refractivity contribution in [1.29, 1.82) is 0 Å². The Balaban J connectivity index is 2.71. The highest BCUT2D eigenvalue weighted by Crippen LogP contribution is 2.16. The Morgan fingerprint density at radius 3 is 3.00 bits per heavy atom. The van der Waals surface area contributed by atoms with Crippen LogP contribution >= 0.6 is 0 Å². The number of carbonyl (C=O) groups is 1. The number of aliphatic hydroxyl groups is 1. The molecule has 1 aromatic rings. The molecule has 1 aromatic carbocycles. The summed E-state index contributed by atoms with van der Waals surface area (Å²) in [6.45, 7) is -0.517. The maximum atomic E-state index is 10.8. The van der Waals surface area contributed by atoms with E-state index in [0.29, 0.717) is 11.4 Å². The number of methoxy groups -OCH3 is 1. The molecule has 0 saturated heterocycles. The Morgan fingerprint density at radius 2 is 2.38 bits per heavy atom. The summed E-state index contributed by atoms with van der Waals surface area (Å²) in [6, 6.07) is 6.92. The number of ether oxygens (including phenoxy) is 1. The molecule has 0 spiro atoms. The van der Waals surface area contributed by atoms with Crippen LogP contribution in [0.4, 0.5) is 5.69 Å². The highest BCUT2D eigenvalue weighted by molar-refractivity contribution is 5.91.